The molecular formula is C16H20N4. The first kappa shape index (κ1) is 14.1. The topological polar surface area (TPSA) is 66.0 Å². The molecule has 104 valence electrons. The molecule has 2 aromatic rings. The van der Waals surface area contributed by atoms with Gasteiger partial charge >= 0.3 is 0 Å². The van der Waals surface area contributed by atoms with Gasteiger partial charge in [0, 0.05) is 19.8 Å². The molecule has 1 aromatic heterocycles. The minimum absolute atomic E-state index is 0.0576. The smallest absolute Gasteiger partial charge is 0.139 e. The maximum Gasteiger partial charge on any atom is 0.139 e. The molecule has 0 bridgehead atoms. The highest BCUT2D eigenvalue weighted by Gasteiger charge is 2.14. The van der Waals surface area contributed by atoms with E-state index in [9.17, 15) is 0 Å². The number of hydrogen-bond acceptors (Lipinski definition) is 3. The molecule has 0 saturated heterocycles. The van der Waals surface area contributed by atoms with Gasteiger partial charge in [0.2, 0.25) is 0 Å². The number of nitrogens with two attached hydrogens (primary N) is 1. The van der Waals surface area contributed by atoms with Crippen LogP contribution in [0.4, 0.5) is 5.82 Å². The number of nitrogen functional groups attached to an aromatic ring is 1. The number of pyridine rings is 1. The third-order valence-electron chi connectivity index (χ3n) is 3.44. The number of nitrogens with one attached hydrogen (secondary N) is 1. The van der Waals surface area contributed by atoms with Crippen molar-refractivity contribution in [2.75, 3.05) is 11.9 Å². The second kappa shape index (κ2) is 5.74. The summed E-state index contributed by atoms with van der Waals surface area (Å²) in [5, 5.41) is 7.74. The molecule has 0 amide bonds. The summed E-state index contributed by atoms with van der Waals surface area (Å²) < 4.78 is 0. The Morgan fingerprint density at radius 2 is 1.90 bits per heavy atom. The van der Waals surface area contributed by atoms with Gasteiger partial charge in [-0.3, -0.25) is 5.41 Å². The highest BCUT2D eigenvalue weighted by atomic mass is 15.2. The lowest BCUT2D eigenvalue weighted by Crippen LogP contribution is -2.24. The van der Waals surface area contributed by atoms with E-state index in [-0.39, 0.29) is 5.84 Å². The fourth-order valence-corrected chi connectivity index (χ4v) is 2.28. The van der Waals surface area contributed by atoms with Crippen molar-refractivity contribution in [3.8, 4) is 0 Å². The summed E-state index contributed by atoms with van der Waals surface area (Å²) in [4.78, 5) is 6.43. The van der Waals surface area contributed by atoms with Gasteiger partial charge in [-0.1, -0.05) is 24.3 Å². The molecule has 0 saturated carbocycles. The highest BCUT2D eigenvalue weighted by molar-refractivity contribution is 6.00. The van der Waals surface area contributed by atoms with Crippen LogP contribution in [0.15, 0.2) is 36.5 Å². The largest absolute Gasteiger partial charge is 0.384 e. The Bertz CT molecular complexity index is 634. The summed E-state index contributed by atoms with van der Waals surface area (Å²) in [6.07, 6.45) is 1.76. The number of hydrogen-bond donors (Lipinski definition) is 2. The van der Waals surface area contributed by atoms with Crippen molar-refractivity contribution in [3.63, 3.8) is 0 Å². The van der Waals surface area contributed by atoms with Crippen LogP contribution in [0.3, 0.4) is 0 Å². The quantitative estimate of drug-likeness (QED) is 0.661. The summed E-state index contributed by atoms with van der Waals surface area (Å²) in [5.74, 6) is 0.808. The van der Waals surface area contributed by atoms with Gasteiger partial charge in [-0.05, 0) is 36.6 Å². The molecule has 0 aliphatic carbocycles. The van der Waals surface area contributed by atoms with E-state index >= 15 is 0 Å². The molecule has 0 aliphatic rings. The van der Waals surface area contributed by atoms with Crippen LogP contribution in [0.25, 0.3) is 0 Å². The molecule has 1 heterocycles. The van der Waals surface area contributed by atoms with Crippen LogP contribution in [-0.4, -0.2) is 17.9 Å². The van der Waals surface area contributed by atoms with E-state index in [1.807, 2.05) is 37.1 Å². The standard InChI is InChI=1S/C16H20N4/c1-11-6-4-5-7-13(11)10-20(3)16-14(15(17)18)12(2)8-9-19-16/h4-9H,10H2,1-3H3,(H3,17,18). The van der Waals surface area contributed by atoms with Crippen molar-refractivity contribution in [1.82, 2.24) is 4.98 Å². The Labute approximate surface area is 119 Å². The van der Waals surface area contributed by atoms with Gasteiger partial charge in [-0.25, -0.2) is 4.98 Å². The zero-order valence-electron chi connectivity index (χ0n) is 12.1. The Balaban J connectivity index is 2.35. The molecule has 0 radical (unpaired) electrons. The molecule has 2 rings (SSSR count). The van der Waals surface area contributed by atoms with Crippen LogP contribution in [0.2, 0.25) is 0 Å². The van der Waals surface area contributed by atoms with Crippen LogP contribution in [0.5, 0.6) is 0 Å². The fourth-order valence-electron chi connectivity index (χ4n) is 2.28. The molecule has 0 atom stereocenters. The number of nitrogens with zero attached hydrogens (tertiary/aromatic N) is 2. The monoisotopic (exact) mass is 268 g/mol. The molecule has 20 heavy (non-hydrogen) atoms. The van der Waals surface area contributed by atoms with Gasteiger partial charge in [0.25, 0.3) is 0 Å². The minimum Gasteiger partial charge on any atom is -0.384 e. The molecule has 3 N–H and O–H groups in total. The summed E-state index contributed by atoms with van der Waals surface area (Å²) in [5.41, 5.74) is 9.87. The number of aryl methyl sites for hydroxylation is 2. The Morgan fingerprint density at radius 1 is 1.20 bits per heavy atom. The van der Waals surface area contributed by atoms with Crippen LogP contribution in [-0.2, 0) is 6.54 Å². The minimum atomic E-state index is 0.0576. The molecule has 0 unspecified atom stereocenters. The molecule has 4 nitrogen and oxygen atoms in total. The maximum atomic E-state index is 7.74. The molecule has 0 fully saturated rings. The van der Waals surface area contributed by atoms with Gasteiger partial charge in [0.15, 0.2) is 0 Å². The highest BCUT2D eigenvalue weighted by Crippen LogP contribution is 2.21. The lowest BCUT2D eigenvalue weighted by Gasteiger charge is -2.22. The van der Waals surface area contributed by atoms with Crippen molar-refractivity contribution >= 4 is 11.7 Å². The zero-order valence-corrected chi connectivity index (χ0v) is 12.1. The van der Waals surface area contributed by atoms with Gasteiger partial charge < -0.3 is 10.6 Å². The molecule has 0 aliphatic heterocycles. The third kappa shape index (κ3) is 2.79. The van der Waals surface area contributed by atoms with Gasteiger partial charge in [-0.15, -0.1) is 0 Å². The maximum absolute atomic E-state index is 7.74. The summed E-state index contributed by atoms with van der Waals surface area (Å²) >= 11 is 0. The first-order chi connectivity index (χ1) is 9.50. The summed E-state index contributed by atoms with van der Waals surface area (Å²) in [7, 11) is 1.97. The predicted molar refractivity (Wildman–Crippen MR) is 83.3 cm³/mol. The average Bonchev–Trinajstić information content (AvgIpc) is 2.40. The fraction of sp³-hybridized carbons (Fsp3) is 0.250. The van der Waals surface area contributed by atoms with Crippen molar-refractivity contribution < 1.29 is 0 Å². The van der Waals surface area contributed by atoms with E-state index < -0.39 is 0 Å². The van der Waals surface area contributed by atoms with E-state index in [1.54, 1.807) is 6.20 Å². The van der Waals surface area contributed by atoms with Gasteiger partial charge in [-0.2, -0.15) is 0 Å². The van der Waals surface area contributed by atoms with E-state index in [0.29, 0.717) is 5.56 Å². The SMILES string of the molecule is Cc1ccccc1CN(C)c1nccc(C)c1C(=N)N. The molecule has 0 spiro atoms. The van der Waals surface area contributed by atoms with Crippen LogP contribution in [0.1, 0.15) is 22.3 Å². The number of rotatable bonds is 4. The van der Waals surface area contributed by atoms with E-state index in [1.165, 1.54) is 11.1 Å². The number of amidine groups is 1. The van der Waals surface area contributed by atoms with Crippen LogP contribution in [0, 0.1) is 19.3 Å². The van der Waals surface area contributed by atoms with Gasteiger partial charge in [0.05, 0.1) is 5.56 Å². The van der Waals surface area contributed by atoms with Crippen LogP contribution >= 0.6 is 0 Å². The Morgan fingerprint density at radius 3 is 2.55 bits per heavy atom. The molecule has 4 heteroatoms. The predicted octanol–water partition coefficient (Wildman–Crippen LogP) is 2.62. The Kier molecular flexibility index (Phi) is 4.03. The van der Waals surface area contributed by atoms with E-state index in [2.05, 4.69) is 24.0 Å². The van der Waals surface area contributed by atoms with E-state index in [0.717, 1.165) is 17.9 Å². The van der Waals surface area contributed by atoms with Crippen molar-refractivity contribution in [1.29, 1.82) is 5.41 Å². The first-order valence-corrected chi connectivity index (χ1v) is 6.56. The average molecular weight is 268 g/mol. The normalized spacial score (nSPS) is 10.3. The van der Waals surface area contributed by atoms with Crippen LogP contribution < -0.4 is 10.6 Å². The zero-order chi connectivity index (χ0) is 14.7. The number of anilines is 1. The lowest BCUT2D eigenvalue weighted by molar-refractivity contribution is 0.886. The van der Waals surface area contributed by atoms with E-state index in [4.69, 9.17) is 11.1 Å². The lowest BCUT2D eigenvalue weighted by atomic mass is 10.1. The molecular weight excluding hydrogens is 248 g/mol. The second-order valence-electron chi connectivity index (χ2n) is 5.02. The summed E-state index contributed by atoms with van der Waals surface area (Å²) in [6, 6.07) is 10.1. The number of benzene rings is 1. The molecule has 1 aromatic carbocycles. The van der Waals surface area contributed by atoms with Gasteiger partial charge in [0.1, 0.15) is 11.7 Å². The summed E-state index contributed by atoms with van der Waals surface area (Å²) in [6.45, 7) is 4.78. The Hall–Kier alpha value is -2.36. The first-order valence-electron chi connectivity index (χ1n) is 6.56. The second-order valence-corrected chi connectivity index (χ2v) is 5.02. The van der Waals surface area contributed by atoms with Crippen molar-refractivity contribution in [2.45, 2.75) is 20.4 Å². The van der Waals surface area contributed by atoms with Crippen molar-refractivity contribution in [2.24, 2.45) is 5.73 Å². The third-order valence-corrected chi connectivity index (χ3v) is 3.44. The van der Waals surface area contributed by atoms with Crippen molar-refractivity contribution in [3.05, 3.63) is 58.8 Å². The number of aromatic nitrogens is 1.